The molecule has 0 amide bonds. The molecule has 1 aromatic heterocycles. The van der Waals surface area contributed by atoms with Gasteiger partial charge in [-0.05, 0) is 32.2 Å². The molecule has 26 heavy (non-hydrogen) atoms. The van der Waals surface area contributed by atoms with E-state index < -0.39 is 10.2 Å². The van der Waals surface area contributed by atoms with Crippen molar-refractivity contribution in [1.82, 2.24) is 23.3 Å². The SMILES string of the molecule is CCc1nn(C)c(Cl)c1CN1CCCN(S(=O)(=O)N2CCCCC2)CC1. The minimum atomic E-state index is -3.32. The van der Waals surface area contributed by atoms with Gasteiger partial charge in [0.25, 0.3) is 10.2 Å². The zero-order valence-corrected chi connectivity index (χ0v) is 17.4. The molecule has 0 spiro atoms. The molecule has 0 saturated carbocycles. The molecule has 1 aromatic rings. The molecular weight excluding hydrogens is 374 g/mol. The van der Waals surface area contributed by atoms with Crippen molar-refractivity contribution in [3.63, 3.8) is 0 Å². The fourth-order valence-corrected chi connectivity index (χ4v) is 5.78. The molecule has 2 aliphatic heterocycles. The molecule has 0 radical (unpaired) electrons. The van der Waals surface area contributed by atoms with Crippen LogP contribution in [0.3, 0.4) is 0 Å². The predicted octanol–water partition coefficient (Wildman–Crippen LogP) is 1.87. The standard InChI is InChI=1S/C17H30ClN5O2S/c1-3-16-15(17(18)20(2)19-16)14-21-8-7-11-23(13-12-21)26(24,25)22-9-5-4-6-10-22/h3-14H2,1-2H3. The van der Waals surface area contributed by atoms with Crippen LogP contribution in [0.1, 0.15) is 43.9 Å². The summed E-state index contributed by atoms with van der Waals surface area (Å²) in [7, 11) is -1.46. The third-order valence-electron chi connectivity index (χ3n) is 5.38. The van der Waals surface area contributed by atoms with E-state index in [9.17, 15) is 8.42 Å². The molecule has 0 unspecified atom stereocenters. The second-order valence-electron chi connectivity index (χ2n) is 7.19. The summed E-state index contributed by atoms with van der Waals surface area (Å²) in [6, 6.07) is 0. The molecule has 0 atom stereocenters. The van der Waals surface area contributed by atoms with Gasteiger partial charge >= 0.3 is 0 Å². The monoisotopic (exact) mass is 403 g/mol. The Morgan fingerprint density at radius 1 is 0.962 bits per heavy atom. The number of aromatic nitrogens is 2. The van der Waals surface area contributed by atoms with Crippen molar-refractivity contribution in [2.75, 3.05) is 39.3 Å². The molecule has 2 saturated heterocycles. The molecule has 9 heteroatoms. The lowest BCUT2D eigenvalue weighted by Gasteiger charge is -2.31. The second kappa shape index (κ2) is 8.56. The van der Waals surface area contributed by atoms with E-state index in [0.29, 0.717) is 31.3 Å². The number of nitrogens with zero attached hydrogens (tertiary/aromatic N) is 5. The molecule has 3 heterocycles. The highest BCUT2D eigenvalue weighted by atomic mass is 35.5. The molecule has 2 fully saturated rings. The fourth-order valence-electron chi connectivity index (χ4n) is 3.86. The third-order valence-corrected chi connectivity index (χ3v) is 7.89. The number of aryl methyl sites for hydroxylation is 2. The van der Waals surface area contributed by atoms with Crippen LogP contribution in [0.25, 0.3) is 0 Å². The summed E-state index contributed by atoms with van der Waals surface area (Å²) in [6.45, 7) is 6.86. The number of hydrogen-bond donors (Lipinski definition) is 0. The van der Waals surface area contributed by atoms with Crippen LogP contribution in [-0.2, 0) is 30.2 Å². The van der Waals surface area contributed by atoms with Gasteiger partial charge in [-0.3, -0.25) is 9.58 Å². The number of halogens is 1. The lowest BCUT2D eigenvalue weighted by Crippen LogP contribution is -2.47. The summed E-state index contributed by atoms with van der Waals surface area (Å²) >= 11 is 6.42. The summed E-state index contributed by atoms with van der Waals surface area (Å²) < 4.78 is 30.9. The first-order valence-corrected chi connectivity index (χ1v) is 11.4. The molecule has 7 nitrogen and oxygen atoms in total. The van der Waals surface area contributed by atoms with Crippen LogP contribution in [-0.4, -0.2) is 71.0 Å². The summed E-state index contributed by atoms with van der Waals surface area (Å²) in [5, 5.41) is 5.16. The van der Waals surface area contributed by atoms with Gasteiger partial charge in [-0.1, -0.05) is 24.9 Å². The molecule has 0 bridgehead atoms. The van der Waals surface area contributed by atoms with Gasteiger partial charge in [0.05, 0.1) is 5.69 Å². The Kier molecular flexibility index (Phi) is 6.61. The molecule has 2 aliphatic rings. The number of piperidine rings is 1. The first-order chi connectivity index (χ1) is 12.4. The maximum Gasteiger partial charge on any atom is 0.282 e. The highest BCUT2D eigenvalue weighted by Crippen LogP contribution is 2.23. The lowest BCUT2D eigenvalue weighted by atomic mass is 10.2. The molecule has 0 aliphatic carbocycles. The van der Waals surface area contributed by atoms with Crippen LogP contribution in [0.4, 0.5) is 0 Å². The Hall–Kier alpha value is -0.670. The zero-order chi connectivity index (χ0) is 18.7. The molecule has 0 N–H and O–H groups in total. The van der Waals surface area contributed by atoms with Gasteiger partial charge in [-0.2, -0.15) is 22.1 Å². The molecular formula is C17H30ClN5O2S. The van der Waals surface area contributed by atoms with E-state index in [1.54, 1.807) is 13.3 Å². The van der Waals surface area contributed by atoms with Crippen molar-refractivity contribution in [2.45, 2.75) is 45.6 Å². The van der Waals surface area contributed by atoms with Gasteiger partial charge in [-0.15, -0.1) is 0 Å². The van der Waals surface area contributed by atoms with Gasteiger partial charge in [0.1, 0.15) is 5.15 Å². The smallest absolute Gasteiger partial charge is 0.282 e. The average molecular weight is 404 g/mol. The minimum absolute atomic E-state index is 0.540. The summed E-state index contributed by atoms with van der Waals surface area (Å²) in [6.07, 6.45) is 4.76. The quantitative estimate of drug-likeness (QED) is 0.753. The lowest BCUT2D eigenvalue weighted by molar-refractivity contribution is 0.271. The Balaban J connectivity index is 1.65. The average Bonchev–Trinajstić information content (AvgIpc) is 2.82. The number of hydrogen-bond acceptors (Lipinski definition) is 4. The summed E-state index contributed by atoms with van der Waals surface area (Å²) in [4.78, 5) is 2.30. The predicted molar refractivity (Wildman–Crippen MR) is 103 cm³/mol. The highest BCUT2D eigenvalue weighted by Gasteiger charge is 2.32. The largest absolute Gasteiger partial charge is 0.298 e. The van der Waals surface area contributed by atoms with E-state index >= 15 is 0 Å². The van der Waals surface area contributed by atoms with Gasteiger partial charge in [0.2, 0.25) is 0 Å². The second-order valence-corrected chi connectivity index (χ2v) is 9.48. The summed E-state index contributed by atoms with van der Waals surface area (Å²) in [5.74, 6) is 0. The van der Waals surface area contributed by atoms with Crippen LogP contribution in [0, 0.1) is 0 Å². The zero-order valence-electron chi connectivity index (χ0n) is 15.8. The van der Waals surface area contributed by atoms with E-state index in [4.69, 9.17) is 11.6 Å². The van der Waals surface area contributed by atoms with E-state index in [2.05, 4.69) is 16.9 Å². The normalized spacial score (nSPS) is 21.8. The van der Waals surface area contributed by atoms with Crippen LogP contribution in [0.5, 0.6) is 0 Å². The first-order valence-electron chi connectivity index (χ1n) is 9.61. The highest BCUT2D eigenvalue weighted by molar-refractivity contribution is 7.86. The van der Waals surface area contributed by atoms with E-state index in [0.717, 1.165) is 63.0 Å². The van der Waals surface area contributed by atoms with Gasteiger partial charge < -0.3 is 0 Å². The maximum atomic E-state index is 12.9. The summed E-state index contributed by atoms with van der Waals surface area (Å²) in [5.41, 5.74) is 2.10. The molecule has 0 aromatic carbocycles. The molecule has 148 valence electrons. The third kappa shape index (κ3) is 4.25. The Morgan fingerprint density at radius 2 is 1.62 bits per heavy atom. The Bertz CT molecular complexity index is 715. The van der Waals surface area contributed by atoms with E-state index in [1.807, 2.05) is 7.05 Å². The fraction of sp³-hybridized carbons (Fsp3) is 0.824. The molecule has 3 rings (SSSR count). The van der Waals surface area contributed by atoms with Crippen LogP contribution >= 0.6 is 11.6 Å². The van der Waals surface area contributed by atoms with Gasteiger partial charge in [-0.25, -0.2) is 0 Å². The van der Waals surface area contributed by atoms with E-state index in [-0.39, 0.29) is 0 Å². The van der Waals surface area contributed by atoms with Crippen molar-refractivity contribution in [1.29, 1.82) is 0 Å². The van der Waals surface area contributed by atoms with Gasteiger partial charge in [0.15, 0.2) is 0 Å². The Labute approximate surface area is 162 Å². The van der Waals surface area contributed by atoms with Crippen molar-refractivity contribution >= 4 is 21.8 Å². The maximum absolute atomic E-state index is 12.9. The topological polar surface area (TPSA) is 61.7 Å². The van der Waals surface area contributed by atoms with Crippen molar-refractivity contribution in [2.24, 2.45) is 7.05 Å². The Morgan fingerprint density at radius 3 is 2.31 bits per heavy atom. The van der Waals surface area contributed by atoms with Crippen LogP contribution in [0.2, 0.25) is 5.15 Å². The van der Waals surface area contributed by atoms with E-state index in [1.165, 1.54) is 0 Å². The van der Waals surface area contributed by atoms with Gasteiger partial charge in [0, 0.05) is 51.9 Å². The van der Waals surface area contributed by atoms with Crippen LogP contribution in [0.15, 0.2) is 0 Å². The van der Waals surface area contributed by atoms with Crippen molar-refractivity contribution in [3.8, 4) is 0 Å². The minimum Gasteiger partial charge on any atom is -0.298 e. The first kappa shape index (κ1) is 20.1. The van der Waals surface area contributed by atoms with Crippen molar-refractivity contribution in [3.05, 3.63) is 16.4 Å². The van der Waals surface area contributed by atoms with Crippen LogP contribution < -0.4 is 0 Å². The number of rotatable bonds is 5. The van der Waals surface area contributed by atoms with Crippen molar-refractivity contribution < 1.29 is 8.42 Å².